The van der Waals surface area contributed by atoms with E-state index in [0.29, 0.717) is 17.7 Å². The maximum Gasteiger partial charge on any atom is 0.229 e. The zero-order valence-electron chi connectivity index (χ0n) is 23.0. The Balaban J connectivity index is 0.00000185. The maximum atomic E-state index is 13.5. The summed E-state index contributed by atoms with van der Waals surface area (Å²) in [5.41, 5.74) is 3.94. The van der Waals surface area contributed by atoms with Crippen molar-refractivity contribution < 1.29 is 4.79 Å². The van der Waals surface area contributed by atoms with Crippen molar-refractivity contribution in [3.8, 4) is 0 Å². The van der Waals surface area contributed by atoms with Gasteiger partial charge in [0.15, 0.2) is 0 Å². The Morgan fingerprint density at radius 1 is 0.700 bits per heavy atom. The molecule has 0 bridgehead atoms. The molecule has 2 unspecified atom stereocenters. The van der Waals surface area contributed by atoms with Crippen LogP contribution in [0.1, 0.15) is 41.9 Å². The molecule has 3 aliphatic rings. The summed E-state index contributed by atoms with van der Waals surface area (Å²) in [6, 6.07) is 30.4. The number of amides is 1. The standard InChI is InChI=1S/C33H38BrN3O.2ClH/c34-30-13-11-27(12-14-30)22-37-20-17-33(32(37)38)15-18-35(19-16-33)23-29-24-36(21-26-7-3-1-4-8-26)25-31(29)28-9-5-2-6-10-28;;/h1-14,29,31H,15-25H2;2*1H. The van der Waals surface area contributed by atoms with Crippen molar-refractivity contribution in [2.24, 2.45) is 11.3 Å². The predicted octanol–water partition coefficient (Wildman–Crippen LogP) is 7.02. The second kappa shape index (κ2) is 13.8. The van der Waals surface area contributed by atoms with Crippen molar-refractivity contribution >= 4 is 46.7 Å². The van der Waals surface area contributed by atoms with E-state index in [0.717, 1.165) is 76.1 Å². The van der Waals surface area contributed by atoms with E-state index in [4.69, 9.17) is 0 Å². The van der Waals surface area contributed by atoms with Crippen LogP contribution in [0.2, 0.25) is 0 Å². The van der Waals surface area contributed by atoms with Crippen molar-refractivity contribution in [1.82, 2.24) is 14.7 Å². The van der Waals surface area contributed by atoms with Gasteiger partial charge in [-0.15, -0.1) is 24.8 Å². The molecule has 3 fully saturated rings. The van der Waals surface area contributed by atoms with Crippen LogP contribution in [0.5, 0.6) is 0 Å². The van der Waals surface area contributed by atoms with Crippen LogP contribution in [-0.4, -0.2) is 59.9 Å². The molecule has 3 saturated heterocycles. The first-order chi connectivity index (χ1) is 18.6. The minimum Gasteiger partial charge on any atom is -0.338 e. The average Bonchev–Trinajstić information content (AvgIpc) is 3.48. The molecule has 2 atom stereocenters. The van der Waals surface area contributed by atoms with Gasteiger partial charge in [0.05, 0.1) is 5.41 Å². The molecule has 4 nitrogen and oxygen atoms in total. The molecule has 3 heterocycles. The Labute approximate surface area is 260 Å². The van der Waals surface area contributed by atoms with Crippen molar-refractivity contribution in [3.05, 3.63) is 106 Å². The van der Waals surface area contributed by atoms with Gasteiger partial charge in [0.1, 0.15) is 0 Å². The van der Waals surface area contributed by atoms with Gasteiger partial charge in [0.2, 0.25) is 5.91 Å². The van der Waals surface area contributed by atoms with Crippen molar-refractivity contribution in [2.45, 2.75) is 38.3 Å². The van der Waals surface area contributed by atoms with E-state index in [-0.39, 0.29) is 30.2 Å². The summed E-state index contributed by atoms with van der Waals surface area (Å²) in [5, 5.41) is 0. The van der Waals surface area contributed by atoms with E-state index in [9.17, 15) is 4.79 Å². The number of hydrogen-bond acceptors (Lipinski definition) is 3. The highest BCUT2D eigenvalue weighted by Gasteiger charge is 2.48. The van der Waals surface area contributed by atoms with Gasteiger partial charge in [-0.25, -0.2) is 0 Å². The molecule has 3 aromatic carbocycles. The fraction of sp³-hybridized carbons (Fsp3) is 0.424. The lowest BCUT2D eigenvalue weighted by atomic mass is 9.76. The summed E-state index contributed by atoms with van der Waals surface area (Å²) < 4.78 is 1.08. The van der Waals surface area contributed by atoms with Crippen LogP contribution in [0.4, 0.5) is 0 Å². The summed E-state index contributed by atoms with van der Waals surface area (Å²) in [6.07, 6.45) is 3.01. The van der Waals surface area contributed by atoms with Crippen LogP contribution in [0.3, 0.4) is 0 Å². The molecule has 1 spiro atoms. The van der Waals surface area contributed by atoms with Gasteiger partial charge in [-0.05, 0) is 67.1 Å². The molecule has 3 aliphatic heterocycles. The van der Waals surface area contributed by atoms with Gasteiger partial charge in [-0.2, -0.15) is 0 Å². The molecule has 40 heavy (non-hydrogen) atoms. The maximum absolute atomic E-state index is 13.5. The molecule has 7 heteroatoms. The lowest BCUT2D eigenvalue weighted by Crippen LogP contribution is -2.46. The highest BCUT2D eigenvalue weighted by atomic mass is 79.9. The molecule has 1 amide bonds. The van der Waals surface area contributed by atoms with Crippen molar-refractivity contribution in [2.75, 3.05) is 39.3 Å². The minimum absolute atomic E-state index is 0. The number of nitrogens with zero attached hydrogens (tertiary/aromatic N) is 3. The lowest BCUT2D eigenvalue weighted by molar-refractivity contribution is -0.139. The van der Waals surface area contributed by atoms with E-state index in [1.165, 1.54) is 16.7 Å². The molecule has 0 radical (unpaired) electrons. The number of halogens is 3. The number of piperidine rings is 1. The average molecular weight is 646 g/mol. The Morgan fingerprint density at radius 3 is 1.98 bits per heavy atom. The summed E-state index contributed by atoms with van der Waals surface area (Å²) in [4.78, 5) is 20.9. The first kappa shape index (κ1) is 31.1. The third kappa shape index (κ3) is 6.94. The molecular weight excluding hydrogens is 605 g/mol. The second-order valence-corrected chi connectivity index (χ2v) is 12.6. The third-order valence-electron chi connectivity index (χ3n) is 9.19. The van der Waals surface area contributed by atoms with E-state index in [1.54, 1.807) is 0 Å². The number of rotatable bonds is 7. The number of hydrogen-bond donors (Lipinski definition) is 0. The van der Waals surface area contributed by atoms with E-state index in [2.05, 4.69) is 116 Å². The number of carbonyl (C=O) groups excluding carboxylic acids is 1. The van der Waals surface area contributed by atoms with Crippen LogP contribution in [0.15, 0.2) is 89.4 Å². The zero-order chi connectivity index (χ0) is 26.0. The normalized spacial score (nSPS) is 22.7. The third-order valence-corrected chi connectivity index (χ3v) is 9.72. The smallest absolute Gasteiger partial charge is 0.229 e. The lowest BCUT2D eigenvalue weighted by Gasteiger charge is -2.39. The summed E-state index contributed by atoms with van der Waals surface area (Å²) in [5.74, 6) is 1.56. The monoisotopic (exact) mass is 643 g/mol. The van der Waals surface area contributed by atoms with E-state index >= 15 is 0 Å². The van der Waals surface area contributed by atoms with Crippen LogP contribution in [0, 0.1) is 11.3 Å². The Bertz CT molecular complexity index is 1220. The van der Waals surface area contributed by atoms with E-state index < -0.39 is 0 Å². The highest BCUT2D eigenvalue weighted by Crippen LogP contribution is 2.43. The number of carbonyl (C=O) groups is 1. The number of likely N-dealkylation sites (tertiary alicyclic amines) is 3. The molecule has 3 aromatic rings. The Kier molecular flexibility index (Phi) is 10.8. The molecular formula is C33H40BrCl2N3O. The Hall–Kier alpha value is -1.89. The largest absolute Gasteiger partial charge is 0.338 e. The van der Waals surface area contributed by atoms with Crippen LogP contribution in [-0.2, 0) is 17.9 Å². The second-order valence-electron chi connectivity index (χ2n) is 11.6. The zero-order valence-corrected chi connectivity index (χ0v) is 26.2. The fourth-order valence-electron chi connectivity index (χ4n) is 7.01. The Morgan fingerprint density at radius 2 is 1.30 bits per heavy atom. The molecule has 0 N–H and O–H groups in total. The van der Waals surface area contributed by atoms with Gasteiger partial charge in [-0.1, -0.05) is 88.7 Å². The van der Waals surface area contributed by atoms with Crippen LogP contribution < -0.4 is 0 Å². The summed E-state index contributed by atoms with van der Waals surface area (Å²) in [6.45, 7) is 8.09. The van der Waals surface area contributed by atoms with Crippen molar-refractivity contribution in [1.29, 1.82) is 0 Å². The topological polar surface area (TPSA) is 26.8 Å². The molecule has 0 saturated carbocycles. The SMILES string of the molecule is Cl.Cl.O=C1N(Cc2ccc(Br)cc2)CCC12CCN(CC1CN(Cc3ccccc3)CC1c1ccccc1)CC2. The predicted molar refractivity (Wildman–Crippen MR) is 171 cm³/mol. The highest BCUT2D eigenvalue weighted by molar-refractivity contribution is 9.10. The van der Waals surface area contributed by atoms with E-state index in [1.807, 2.05) is 0 Å². The van der Waals surface area contributed by atoms with Gasteiger partial charge in [0.25, 0.3) is 0 Å². The molecule has 0 aromatic heterocycles. The first-order valence-electron chi connectivity index (χ1n) is 14.2. The number of benzene rings is 3. The van der Waals surface area contributed by atoms with Crippen LogP contribution >= 0.6 is 40.7 Å². The quantitative estimate of drug-likeness (QED) is 0.277. The van der Waals surface area contributed by atoms with Gasteiger partial charge in [0, 0.05) is 49.7 Å². The summed E-state index contributed by atoms with van der Waals surface area (Å²) >= 11 is 3.51. The minimum atomic E-state index is -0.139. The van der Waals surface area contributed by atoms with Gasteiger partial charge in [-0.3, -0.25) is 9.69 Å². The molecule has 214 valence electrons. The van der Waals surface area contributed by atoms with Crippen LogP contribution in [0.25, 0.3) is 0 Å². The van der Waals surface area contributed by atoms with Gasteiger partial charge >= 0.3 is 0 Å². The first-order valence-corrected chi connectivity index (χ1v) is 14.9. The summed E-state index contributed by atoms with van der Waals surface area (Å²) in [7, 11) is 0. The molecule has 6 rings (SSSR count). The van der Waals surface area contributed by atoms with Crippen molar-refractivity contribution in [3.63, 3.8) is 0 Å². The van der Waals surface area contributed by atoms with Gasteiger partial charge < -0.3 is 9.80 Å². The molecule has 0 aliphatic carbocycles. The fourth-order valence-corrected chi connectivity index (χ4v) is 7.27.